The lowest BCUT2D eigenvalue weighted by atomic mass is 9.87. The van der Waals surface area contributed by atoms with E-state index in [2.05, 4.69) is 12.1 Å². The second-order valence-electron chi connectivity index (χ2n) is 13.2. The van der Waals surface area contributed by atoms with Crippen LogP contribution in [0.15, 0.2) is 66.7 Å². The fourth-order valence-corrected chi connectivity index (χ4v) is 6.10. The number of carbonyl (C=O) groups is 2. The lowest BCUT2D eigenvalue weighted by Crippen LogP contribution is -2.48. The summed E-state index contributed by atoms with van der Waals surface area (Å²) in [5.41, 5.74) is 2.15. The first kappa shape index (κ1) is 36.3. The number of piperidine rings is 1. The molecule has 10 nitrogen and oxygen atoms in total. The van der Waals surface area contributed by atoms with Crippen LogP contribution >= 0.6 is 11.6 Å². The summed E-state index contributed by atoms with van der Waals surface area (Å²) < 4.78 is 34.9. The third-order valence-corrected chi connectivity index (χ3v) is 8.54. The van der Waals surface area contributed by atoms with Crippen molar-refractivity contribution in [3.8, 4) is 17.2 Å². The molecule has 0 bridgehead atoms. The van der Waals surface area contributed by atoms with Crippen molar-refractivity contribution >= 4 is 29.3 Å². The summed E-state index contributed by atoms with van der Waals surface area (Å²) >= 11 is 6.03. The number of hydrogen-bond donors (Lipinski definition) is 0. The highest BCUT2D eigenvalue weighted by atomic mass is 35.5. The van der Waals surface area contributed by atoms with Crippen molar-refractivity contribution in [2.75, 3.05) is 58.1 Å². The van der Waals surface area contributed by atoms with E-state index in [-0.39, 0.29) is 30.6 Å². The molecule has 1 fully saturated rings. The summed E-state index contributed by atoms with van der Waals surface area (Å²) in [6.45, 7) is 9.00. The quantitative estimate of drug-likeness (QED) is 0.163. The Bertz CT molecular complexity index is 1540. The Balaban J connectivity index is 1.23. The lowest BCUT2D eigenvalue weighted by molar-refractivity contribution is -0.121. The van der Waals surface area contributed by atoms with Gasteiger partial charge >= 0.3 is 6.09 Å². The van der Waals surface area contributed by atoms with E-state index in [1.807, 2.05) is 69.3 Å². The van der Waals surface area contributed by atoms with E-state index >= 15 is 0 Å². The summed E-state index contributed by atoms with van der Waals surface area (Å²) in [6, 6.07) is 21.2. The van der Waals surface area contributed by atoms with Crippen molar-refractivity contribution in [3.63, 3.8) is 0 Å². The number of fused-ring (bicyclic) bond motifs is 1. The van der Waals surface area contributed by atoms with Gasteiger partial charge < -0.3 is 38.2 Å². The molecule has 1 saturated heterocycles. The summed E-state index contributed by atoms with van der Waals surface area (Å²) in [5, 5.41) is 0.643. The van der Waals surface area contributed by atoms with Gasteiger partial charge in [-0.3, -0.25) is 4.79 Å². The summed E-state index contributed by atoms with van der Waals surface area (Å²) in [4.78, 5) is 29.2. The van der Waals surface area contributed by atoms with Crippen LogP contribution in [0.1, 0.15) is 57.1 Å². The minimum absolute atomic E-state index is 0.0162. The molecule has 0 radical (unpaired) electrons. The molecule has 0 spiro atoms. The van der Waals surface area contributed by atoms with Crippen LogP contribution in [0, 0.1) is 0 Å². The maximum absolute atomic E-state index is 13.1. The minimum atomic E-state index is -0.598. The van der Waals surface area contributed by atoms with Crippen LogP contribution in [-0.2, 0) is 25.6 Å². The SMILES string of the molecule is COCCCN1C(=O)COc2ccc(COC3CN(C(=O)OC(C)(C)C)CCC3c3ccc(OCCCOc4cccc(Cl)c4)cc3)cc21. The Hall–Kier alpha value is -3.99. The van der Waals surface area contributed by atoms with Crippen molar-refractivity contribution in [3.05, 3.63) is 82.9 Å². The first-order valence-electron chi connectivity index (χ1n) is 16.9. The van der Waals surface area contributed by atoms with E-state index in [1.54, 1.807) is 23.0 Å². The minimum Gasteiger partial charge on any atom is -0.493 e. The predicted molar refractivity (Wildman–Crippen MR) is 188 cm³/mol. The Morgan fingerprint density at radius 1 is 0.959 bits per heavy atom. The smallest absolute Gasteiger partial charge is 0.410 e. The molecule has 5 rings (SSSR count). The monoisotopic (exact) mass is 694 g/mol. The number of ether oxygens (including phenoxy) is 6. The van der Waals surface area contributed by atoms with Crippen molar-refractivity contribution < 1.29 is 38.0 Å². The molecular weight excluding hydrogens is 648 g/mol. The first-order valence-corrected chi connectivity index (χ1v) is 17.2. The van der Waals surface area contributed by atoms with Gasteiger partial charge in [-0.15, -0.1) is 0 Å². The maximum atomic E-state index is 13.1. The predicted octanol–water partition coefficient (Wildman–Crippen LogP) is 7.26. The average molecular weight is 695 g/mol. The summed E-state index contributed by atoms with van der Waals surface area (Å²) in [6.07, 6.45) is 1.52. The molecule has 2 aliphatic heterocycles. The molecule has 2 atom stereocenters. The molecule has 3 aromatic rings. The third kappa shape index (κ3) is 10.5. The summed E-state index contributed by atoms with van der Waals surface area (Å²) in [7, 11) is 1.65. The van der Waals surface area contributed by atoms with Crippen LogP contribution in [-0.4, -0.2) is 81.8 Å². The van der Waals surface area contributed by atoms with Crippen LogP contribution in [0.25, 0.3) is 0 Å². The summed E-state index contributed by atoms with van der Waals surface area (Å²) in [5.74, 6) is 2.15. The van der Waals surface area contributed by atoms with E-state index in [1.165, 1.54) is 0 Å². The van der Waals surface area contributed by atoms with Gasteiger partial charge in [-0.05, 0) is 87.2 Å². The molecule has 11 heteroatoms. The number of nitrogens with zero attached hydrogens (tertiary/aromatic N) is 2. The van der Waals surface area contributed by atoms with Crippen molar-refractivity contribution in [1.29, 1.82) is 0 Å². The number of halogens is 1. The molecule has 2 amide bonds. The molecule has 0 saturated carbocycles. The highest BCUT2D eigenvalue weighted by molar-refractivity contribution is 6.30. The maximum Gasteiger partial charge on any atom is 0.410 e. The van der Waals surface area contributed by atoms with Gasteiger partial charge in [0.2, 0.25) is 0 Å². The molecule has 264 valence electrons. The Kier molecular flexibility index (Phi) is 12.7. The van der Waals surface area contributed by atoms with Crippen molar-refractivity contribution in [2.24, 2.45) is 0 Å². The van der Waals surface area contributed by atoms with E-state index in [9.17, 15) is 9.59 Å². The number of rotatable bonds is 14. The second-order valence-corrected chi connectivity index (χ2v) is 13.7. The largest absolute Gasteiger partial charge is 0.493 e. The molecule has 0 N–H and O–H groups in total. The number of amides is 2. The van der Waals surface area contributed by atoms with Gasteiger partial charge in [0.15, 0.2) is 6.61 Å². The van der Waals surface area contributed by atoms with Crippen molar-refractivity contribution in [2.45, 2.75) is 64.3 Å². The van der Waals surface area contributed by atoms with Gasteiger partial charge in [0.25, 0.3) is 5.91 Å². The molecule has 49 heavy (non-hydrogen) atoms. The van der Waals surface area contributed by atoms with Crippen molar-refractivity contribution in [1.82, 2.24) is 4.90 Å². The van der Waals surface area contributed by atoms with Crippen LogP contribution in [0.2, 0.25) is 5.02 Å². The number of likely N-dealkylation sites (tertiary alicyclic amines) is 1. The number of carbonyl (C=O) groups excluding carboxylic acids is 2. The second kappa shape index (κ2) is 17.1. The van der Waals surface area contributed by atoms with Gasteiger partial charge in [-0.25, -0.2) is 4.79 Å². The van der Waals surface area contributed by atoms with Crippen LogP contribution in [0.5, 0.6) is 17.2 Å². The Morgan fingerprint density at radius 2 is 1.73 bits per heavy atom. The van der Waals surface area contributed by atoms with E-state index in [0.29, 0.717) is 63.3 Å². The fraction of sp³-hybridized carbons (Fsp3) is 0.474. The van der Waals surface area contributed by atoms with Gasteiger partial charge in [-0.1, -0.05) is 35.9 Å². The highest BCUT2D eigenvalue weighted by Gasteiger charge is 2.35. The molecule has 2 unspecified atom stereocenters. The van der Waals surface area contributed by atoms with E-state index in [4.69, 9.17) is 40.0 Å². The normalized spacial score (nSPS) is 17.7. The lowest BCUT2D eigenvalue weighted by Gasteiger charge is -2.39. The molecular formula is C38H47ClN2O8. The molecule has 0 aromatic heterocycles. The highest BCUT2D eigenvalue weighted by Crippen LogP contribution is 2.36. The zero-order chi connectivity index (χ0) is 34.8. The Labute approximate surface area is 294 Å². The fourth-order valence-electron chi connectivity index (χ4n) is 5.92. The van der Waals surface area contributed by atoms with Crippen LogP contribution in [0.4, 0.5) is 10.5 Å². The molecule has 3 aromatic carbocycles. The van der Waals surface area contributed by atoms with Gasteiger partial charge in [0.1, 0.15) is 22.8 Å². The zero-order valence-corrected chi connectivity index (χ0v) is 29.6. The molecule has 2 heterocycles. The first-order chi connectivity index (χ1) is 23.6. The Morgan fingerprint density at radius 3 is 2.47 bits per heavy atom. The van der Waals surface area contributed by atoms with Crippen LogP contribution < -0.4 is 19.1 Å². The van der Waals surface area contributed by atoms with Gasteiger partial charge in [-0.2, -0.15) is 0 Å². The number of methoxy groups -OCH3 is 1. The average Bonchev–Trinajstić information content (AvgIpc) is 3.07. The van der Waals surface area contributed by atoms with E-state index < -0.39 is 5.60 Å². The molecule has 2 aliphatic rings. The van der Waals surface area contributed by atoms with Crippen LogP contribution in [0.3, 0.4) is 0 Å². The standard InChI is InChI=1S/C38H47ClN2O8/c1-38(2,3)49-37(43)40-18-16-32(28-11-13-30(14-12-28)45-20-7-21-46-31-9-5-8-29(39)23-31)35(24-40)47-25-27-10-15-34-33(22-27)41(17-6-19-44-4)36(42)26-48-34/h5,8-15,22-23,32,35H,6-7,16-21,24-26H2,1-4H3. The number of anilines is 1. The number of benzene rings is 3. The third-order valence-electron chi connectivity index (χ3n) is 8.30. The topological polar surface area (TPSA) is 96.0 Å². The molecule has 0 aliphatic carbocycles. The van der Waals surface area contributed by atoms with E-state index in [0.717, 1.165) is 41.2 Å². The number of hydrogen-bond acceptors (Lipinski definition) is 8. The van der Waals surface area contributed by atoms with Gasteiger partial charge in [0, 0.05) is 44.2 Å². The zero-order valence-electron chi connectivity index (χ0n) is 28.8. The van der Waals surface area contributed by atoms with Gasteiger partial charge in [0.05, 0.1) is 38.2 Å².